The number of unbranched alkanes of at least 4 members (excludes halogenated alkanes) is 3. The second kappa shape index (κ2) is 12.2. The number of carbonyl (C=O) groups excluding carboxylic acids is 1. The summed E-state index contributed by atoms with van der Waals surface area (Å²) in [5.41, 5.74) is 0. The molecule has 0 fully saturated rings. The summed E-state index contributed by atoms with van der Waals surface area (Å²) in [5, 5.41) is 9.85. The molecule has 0 aromatic heterocycles. The van der Waals surface area contributed by atoms with E-state index in [1.807, 2.05) is 13.8 Å². The highest BCUT2D eigenvalue weighted by atomic mass is 16.4. The van der Waals surface area contributed by atoms with Crippen molar-refractivity contribution in [3.63, 3.8) is 0 Å². The molecule has 68 valence electrons. The summed E-state index contributed by atoms with van der Waals surface area (Å²) in [7, 11) is 0. The van der Waals surface area contributed by atoms with Crippen LogP contribution in [0.3, 0.4) is 0 Å². The van der Waals surface area contributed by atoms with Crippen molar-refractivity contribution in [2.75, 3.05) is 0 Å². The van der Waals surface area contributed by atoms with Gasteiger partial charge in [-0.15, -0.1) is 0 Å². The van der Waals surface area contributed by atoms with Gasteiger partial charge >= 0.3 is 0 Å². The fourth-order valence-electron chi connectivity index (χ4n) is 0.696. The molecule has 11 heavy (non-hydrogen) atoms. The molecule has 0 bridgehead atoms. The summed E-state index contributed by atoms with van der Waals surface area (Å²) >= 11 is 0. The van der Waals surface area contributed by atoms with Crippen molar-refractivity contribution in [2.45, 2.75) is 52.9 Å². The zero-order valence-electron chi connectivity index (χ0n) is 7.85. The Kier molecular flexibility index (Phi) is 14.5. The molecule has 0 rings (SSSR count). The molecule has 0 heterocycles. The molecule has 2 heteroatoms. The van der Waals surface area contributed by atoms with Crippen LogP contribution in [-0.4, -0.2) is 5.97 Å². The second-order valence-electron chi connectivity index (χ2n) is 2.18. The van der Waals surface area contributed by atoms with Gasteiger partial charge in [-0.3, -0.25) is 0 Å². The summed E-state index contributed by atoms with van der Waals surface area (Å²) in [4.78, 5) is 9.85. The van der Waals surface area contributed by atoms with Crippen molar-refractivity contribution in [1.82, 2.24) is 0 Å². The van der Waals surface area contributed by atoms with Gasteiger partial charge in [0.15, 0.2) is 0 Å². The molecule has 0 N–H and O–H groups in total. The molecule has 0 aliphatic rings. The third-order valence-corrected chi connectivity index (χ3v) is 1.23. The predicted octanol–water partition coefficient (Wildman–Crippen LogP) is 1.73. The Hall–Kier alpha value is -0.530. The Labute approximate surface area is 69.6 Å². The summed E-state index contributed by atoms with van der Waals surface area (Å²) < 4.78 is 0. The molecular weight excluding hydrogens is 140 g/mol. The van der Waals surface area contributed by atoms with Crippen LogP contribution in [-0.2, 0) is 4.79 Å². The highest BCUT2D eigenvalue weighted by molar-refractivity contribution is 5.63. The fraction of sp³-hybridized carbons (Fsp3) is 0.889. The first kappa shape index (κ1) is 13.1. The number of hydrogen-bond donors (Lipinski definition) is 0. The Balaban J connectivity index is 0. The Morgan fingerprint density at radius 1 is 1.18 bits per heavy atom. The Morgan fingerprint density at radius 2 is 1.73 bits per heavy atom. The number of aliphatic carboxylic acids is 1. The van der Waals surface area contributed by atoms with Gasteiger partial charge in [0, 0.05) is 5.97 Å². The maximum atomic E-state index is 9.85. The number of carboxylic acids is 1. The molecule has 0 saturated carbocycles. The molecule has 0 atom stereocenters. The third-order valence-electron chi connectivity index (χ3n) is 1.23. The zero-order valence-corrected chi connectivity index (χ0v) is 7.85. The molecule has 0 aromatic carbocycles. The summed E-state index contributed by atoms with van der Waals surface area (Å²) in [6.45, 7) is 6.10. The second-order valence-corrected chi connectivity index (χ2v) is 2.18. The van der Waals surface area contributed by atoms with E-state index < -0.39 is 5.97 Å². The molecule has 0 radical (unpaired) electrons. The quantitative estimate of drug-likeness (QED) is 0.573. The number of hydrogen-bond acceptors (Lipinski definition) is 2. The van der Waals surface area contributed by atoms with E-state index in [0.29, 0.717) is 0 Å². The molecule has 0 aliphatic carbocycles. The van der Waals surface area contributed by atoms with Gasteiger partial charge in [-0.05, 0) is 12.8 Å². The molecule has 0 amide bonds. The van der Waals surface area contributed by atoms with Gasteiger partial charge in [-0.1, -0.05) is 40.0 Å². The molecule has 0 aromatic rings. The molecule has 2 nitrogen and oxygen atoms in total. The maximum absolute atomic E-state index is 9.85. The van der Waals surface area contributed by atoms with Gasteiger partial charge in [-0.2, -0.15) is 0 Å². The fourth-order valence-corrected chi connectivity index (χ4v) is 0.696. The first-order chi connectivity index (χ1) is 5.27. The van der Waals surface area contributed by atoms with Gasteiger partial charge in [0.2, 0.25) is 0 Å². The standard InChI is InChI=1S/C7H14O2.C2H6/c1-2-3-4-5-6-7(8)9;1-2/h2-6H2,1H3,(H,8,9);1-2H3/p-1. The Morgan fingerprint density at radius 3 is 2.09 bits per heavy atom. The van der Waals surface area contributed by atoms with Gasteiger partial charge in [-0.25, -0.2) is 0 Å². The van der Waals surface area contributed by atoms with E-state index in [2.05, 4.69) is 6.92 Å². The lowest BCUT2D eigenvalue weighted by molar-refractivity contribution is -0.305. The molecule has 0 aliphatic heterocycles. The third kappa shape index (κ3) is 17.7. The van der Waals surface area contributed by atoms with E-state index >= 15 is 0 Å². The topological polar surface area (TPSA) is 40.1 Å². The molecule has 0 spiro atoms. The van der Waals surface area contributed by atoms with E-state index in [4.69, 9.17) is 0 Å². The van der Waals surface area contributed by atoms with Crippen LogP contribution < -0.4 is 5.11 Å². The molecular formula is C9H19O2-. The van der Waals surface area contributed by atoms with Crippen molar-refractivity contribution in [1.29, 1.82) is 0 Å². The van der Waals surface area contributed by atoms with Crippen molar-refractivity contribution in [2.24, 2.45) is 0 Å². The molecule has 0 unspecified atom stereocenters. The first-order valence-electron chi connectivity index (χ1n) is 4.47. The van der Waals surface area contributed by atoms with E-state index in [1.54, 1.807) is 0 Å². The SMILES string of the molecule is CC.CCCCCCC(=O)[O-]. The summed E-state index contributed by atoms with van der Waals surface area (Å²) in [6, 6.07) is 0. The lowest BCUT2D eigenvalue weighted by Crippen LogP contribution is -2.21. The average Bonchev–Trinajstić information content (AvgIpc) is 2.02. The van der Waals surface area contributed by atoms with Crippen LogP contribution in [0.15, 0.2) is 0 Å². The highest BCUT2D eigenvalue weighted by Gasteiger charge is 1.86. The monoisotopic (exact) mass is 159 g/mol. The van der Waals surface area contributed by atoms with Crippen LogP contribution in [0.5, 0.6) is 0 Å². The zero-order chi connectivity index (χ0) is 9.11. The van der Waals surface area contributed by atoms with E-state index in [-0.39, 0.29) is 6.42 Å². The normalized spacial score (nSPS) is 8.27. The van der Waals surface area contributed by atoms with Crippen LogP contribution in [0.2, 0.25) is 0 Å². The van der Waals surface area contributed by atoms with E-state index in [9.17, 15) is 9.90 Å². The smallest absolute Gasteiger partial charge is 0.0414 e. The summed E-state index contributed by atoms with van der Waals surface area (Å²) in [5.74, 6) is -0.925. The van der Waals surface area contributed by atoms with Crippen LogP contribution in [0.4, 0.5) is 0 Å². The van der Waals surface area contributed by atoms with Crippen molar-refractivity contribution >= 4 is 5.97 Å². The van der Waals surface area contributed by atoms with Crippen molar-refractivity contribution < 1.29 is 9.90 Å². The lowest BCUT2D eigenvalue weighted by atomic mass is 10.2. The molecule has 0 saturated heterocycles. The summed E-state index contributed by atoms with van der Waals surface area (Å²) in [6.07, 6.45) is 4.29. The number of carbonyl (C=O) groups is 1. The Bertz CT molecular complexity index is 79.6. The van der Waals surface area contributed by atoms with Crippen LogP contribution in [0, 0.1) is 0 Å². The largest absolute Gasteiger partial charge is 0.550 e. The van der Waals surface area contributed by atoms with Gasteiger partial charge < -0.3 is 9.90 Å². The lowest BCUT2D eigenvalue weighted by Gasteiger charge is -1.99. The number of carboxylic acid groups (broad SMARTS) is 1. The van der Waals surface area contributed by atoms with E-state index in [1.165, 1.54) is 0 Å². The van der Waals surface area contributed by atoms with Crippen molar-refractivity contribution in [3.05, 3.63) is 0 Å². The predicted molar refractivity (Wildman–Crippen MR) is 45.1 cm³/mol. The van der Waals surface area contributed by atoms with Crippen LogP contribution in [0.1, 0.15) is 52.9 Å². The van der Waals surface area contributed by atoms with Gasteiger partial charge in [0.25, 0.3) is 0 Å². The number of rotatable bonds is 5. The van der Waals surface area contributed by atoms with Gasteiger partial charge in [0.05, 0.1) is 0 Å². The minimum absolute atomic E-state index is 0.222. The maximum Gasteiger partial charge on any atom is 0.0414 e. The van der Waals surface area contributed by atoms with Crippen molar-refractivity contribution in [3.8, 4) is 0 Å². The highest BCUT2D eigenvalue weighted by Crippen LogP contribution is 2.00. The minimum Gasteiger partial charge on any atom is -0.550 e. The van der Waals surface area contributed by atoms with Crippen LogP contribution in [0.25, 0.3) is 0 Å². The first-order valence-corrected chi connectivity index (χ1v) is 4.47. The van der Waals surface area contributed by atoms with Crippen LogP contribution >= 0.6 is 0 Å². The van der Waals surface area contributed by atoms with E-state index in [0.717, 1.165) is 25.7 Å². The van der Waals surface area contributed by atoms with Gasteiger partial charge in [0.1, 0.15) is 0 Å². The average molecular weight is 159 g/mol. The minimum atomic E-state index is -0.925.